The molecule has 2 heteroatoms. The van der Waals surface area contributed by atoms with Gasteiger partial charge in [-0.2, -0.15) is 0 Å². The minimum atomic E-state index is -0.147. The Labute approximate surface area is 84.6 Å². The molecule has 0 aliphatic heterocycles. The van der Waals surface area contributed by atoms with Gasteiger partial charge in [0.2, 0.25) is 0 Å². The van der Waals surface area contributed by atoms with E-state index in [2.05, 4.69) is 18.8 Å². The summed E-state index contributed by atoms with van der Waals surface area (Å²) in [6.45, 7) is 6.29. The molecular formula is C12H16FN. The molecule has 1 N–H and O–H groups in total. The predicted octanol–water partition coefficient (Wildman–Crippen LogP) is 2.88. The van der Waals surface area contributed by atoms with Crippen LogP contribution in [0.3, 0.4) is 0 Å². The molecular weight excluding hydrogens is 177 g/mol. The molecule has 76 valence electrons. The minimum absolute atomic E-state index is 0.147. The summed E-state index contributed by atoms with van der Waals surface area (Å²) in [6, 6.07) is 7.16. The maximum atomic E-state index is 13.2. The quantitative estimate of drug-likeness (QED) is 0.709. The van der Waals surface area contributed by atoms with Crippen molar-refractivity contribution >= 4 is 0 Å². The van der Waals surface area contributed by atoms with Gasteiger partial charge in [-0.25, -0.2) is 4.39 Å². The fraction of sp³-hybridized carbons (Fsp3) is 0.333. The van der Waals surface area contributed by atoms with Crippen LogP contribution in [-0.4, -0.2) is 6.04 Å². The fourth-order valence-electron chi connectivity index (χ4n) is 1.26. The third kappa shape index (κ3) is 3.30. The van der Waals surface area contributed by atoms with E-state index >= 15 is 0 Å². The van der Waals surface area contributed by atoms with Crippen molar-refractivity contribution in [3.05, 3.63) is 48.3 Å². The van der Waals surface area contributed by atoms with E-state index in [1.165, 1.54) is 6.07 Å². The number of nitrogens with one attached hydrogen (secondary N) is 1. The van der Waals surface area contributed by atoms with Crippen molar-refractivity contribution in [2.24, 2.45) is 0 Å². The molecule has 0 saturated heterocycles. The van der Waals surface area contributed by atoms with Crippen LogP contribution in [0.15, 0.2) is 36.9 Å². The summed E-state index contributed by atoms with van der Waals surface area (Å²) in [5, 5.41) is 3.23. The van der Waals surface area contributed by atoms with Crippen LogP contribution >= 0.6 is 0 Å². The number of halogens is 1. The topological polar surface area (TPSA) is 12.0 Å². The van der Waals surface area contributed by atoms with E-state index in [1.54, 1.807) is 12.1 Å². The van der Waals surface area contributed by atoms with Crippen LogP contribution in [0.5, 0.6) is 0 Å². The van der Waals surface area contributed by atoms with E-state index in [1.807, 2.05) is 12.1 Å². The van der Waals surface area contributed by atoms with Gasteiger partial charge in [-0.3, -0.25) is 0 Å². The standard InChI is InChI=1S/C12H16FN/c1-3-6-10(2)14-9-11-7-4-5-8-12(11)13/h3-5,7-8,10,14H,1,6,9H2,2H3. The lowest BCUT2D eigenvalue weighted by atomic mass is 10.2. The summed E-state index contributed by atoms with van der Waals surface area (Å²) in [7, 11) is 0. The van der Waals surface area contributed by atoms with Crippen molar-refractivity contribution < 1.29 is 4.39 Å². The number of hydrogen-bond donors (Lipinski definition) is 1. The molecule has 0 aromatic heterocycles. The number of benzene rings is 1. The first-order valence-electron chi connectivity index (χ1n) is 4.81. The summed E-state index contributed by atoms with van der Waals surface area (Å²) in [4.78, 5) is 0. The highest BCUT2D eigenvalue weighted by Gasteiger charge is 2.02. The molecule has 1 atom stereocenters. The fourth-order valence-corrected chi connectivity index (χ4v) is 1.26. The van der Waals surface area contributed by atoms with Gasteiger partial charge in [-0.05, 0) is 19.4 Å². The SMILES string of the molecule is C=CCC(C)NCc1ccccc1F. The third-order valence-electron chi connectivity index (χ3n) is 2.12. The second kappa shape index (κ2) is 5.55. The van der Waals surface area contributed by atoms with Crippen molar-refractivity contribution in [1.82, 2.24) is 5.32 Å². The van der Waals surface area contributed by atoms with Crippen LogP contribution < -0.4 is 5.32 Å². The minimum Gasteiger partial charge on any atom is -0.310 e. The molecule has 0 fully saturated rings. The van der Waals surface area contributed by atoms with Crippen LogP contribution in [0.4, 0.5) is 4.39 Å². The zero-order chi connectivity index (χ0) is 10.4. The molecule has 1 unspecified atom stereocenters. The van der Waals surface area contributed by atoms with Gasteiger partial charge in [-0.1, -0.05) is 24.3 Å². The summed E-state index contributed by atoms with van der Waals surface area (Å²) >= 11 is 0. The van der Waals surface area contributed by atoms with Gasteiger partial charge < -0.3 is 5.32 Å². The molecule has 0 heterocycles. The molecule has 1 aromatic carbocycles. The lowest BCUT2D eigenvalue weighted by Crippen LogP contribution is -2.25. The van der Waals surface area contributed by atoms with E-state index in [9.17, 15) is 4.39 Å². The molecule has 0 aliphatic rings. The van der Waals surface area contributed by atoms with E-state index in [0.29, 0.717) is 18.2 Å². The number of hydrogen-bond acceptors (Lipinski definition) is 1. The summed E-state index contributed by atoms with van der Waals surface area (Å²) < 4.78 is 13.2. The lowest BCUT2D eigenvalue weighted by molar-refractivity contribution is 0.531. The van der Waals surface area contributed by atoms with Gasteiger partial charge in [0, 0.05) is 18.2 Å². The molecule has 0 saturated carbocycles. The van der Waals surface area contributed by atoms with Crippen molar-refractivity contribution in [3.63, 3.8) is 0 Å². The largest absolute Gasteiger partial charge is 0.310 e. The smallest absolute Gasteiger partial charge is 0.127 e. The Balaban J connectivity index is 2.45. The predicted molar refractivity (Wildman–Crippen MR) is 57.5 cm³/mol. The van der Waals surface area contributed by atoms with Gasteiger partial charge in [0.25, 0.3) is 0 Å². The molecule has 1 nitrogen and oxygen atoms in total. The van der Waals surface area contributed by atoms with Crippen LogP contribution in [0.1, 0.15) is 18.9 Å². The zero-order valence-corrected chi connectivity index (χ0v) is 8.46. The van der Waals surface area contributed by atoms with E-state index in [4.69, 9.17) is 0 Å². The first kappa shape index (κ1) is 10.9. The Kier molecular flexibility index (Phi) is 4.33. The Hall–Kier alpha value is -1.15. The summed E-state index contributed by atoms with van der Waals surface area (Å²) in [6.07, 6.45) is 2.76. The van der Waals surface area contributed by atoms with Crippen LogP contribution in [-0.2, 0) is 6.54 Å². The number of rotatable bonds is 5. The van der Waals surface area contributed by atoms with Crippen molar-refractivity contribution in [1.29, 1.82) is 0 Å². The normalized spacial score (nSPS) is 12.4. The van der Waals surface area contributed by atoms with Gasteiger partial charge in [0.05, 0.1) is 0 Å². The van der Waals surface area contributed by atoms with Gasteiger partial charge >= 0.3 is 0 Å². The molecule has 0 radical (unpaired) electrons. The maximum Gasteiger partial charge on any atom is 0.127 e. The van der Waals surface area contributed by atoms with E-state index in [-0.39, 0.29) is 5.82 Å². The zero-order valence-electron chi connectivity index (χ0n) is 8.46. The van der Waals surface area contributed by atoms with E-state index in [0.717, 1.165) is 6.42 Å². The Morgan fingerprint density at radius 2 is 2.21 bits per heavy atom. The van der Waals surface area contributed by atoms with E-state index < -0.39 is 0 Å². The molecule has 14 heavy (non-hydrogen) atoms. The Morgan fingerprint density at radius 1 is 1.50 bits per heavy atom. The van der Waals surface area contributed by atoms with Gasteiger partial charge in [0.15, 0.2) is 0 Å². The van der Waals surface area contributed by atoms with Gasteiger partial charge in [0.1, 0.15) is 5.82 Å². The maximum absolute atomic E-state index is 13.2. The second-order valence-electron chi connectivity index (χ2n) is 3.40. The van der Waals surface area contributed by atoms with Crippen molar-refractivity contribution in [2.45, 2.75) is 25.9 Å². The molecule has 0 amide bonds. The third-order valence-corrected chi connectivity index (χ3v) is 2.12. The first-order valence-corrected chi connectivity index (χ1v) is 4.81. The molecule has 0 bridgehead atoms. The summed E-state index contributed by atoms with van der Waals surface area (Å²) in [5.74, 6) is -0.147. The van der Waals surface area contributed by atoms with Crippen LogP contribution in [0, 0.1) is 5.82 Å². The Morgan fingerprint density at radius 3 is 2.86 bits per heavy atom. The van der Waals surface area contributed by atoms with Crippen LogP contribution in [0.25, 0.3) is 0 Å². The second-order valence-corrected chi connectivity index (χ2v) is 3.40. The molecule has 0 aliphatic carbocycles. The average molecular weight is 193 g/mol. The molecule has 1 rings (SSSR count). The lowest BCUT2D eigenvalue weighted by Gasteiger charge is -2.11. The van der Waals surface area contributed by atoms with Crippen molar-refractivity contribution in [3.8, 4) is 0 Å². The molecule has 0 spiro atoms. The molecule has 1 aromatic rings. The Bertz CT molecular complexity index is 296. The summed E-state index contributed by atoms with van der Waals surface area (Å²) in [5.41, 5.74) is 0.711. The highest BCUT2D eigenvalue weighted by Crippen LogP contribution is 2.06. The highest BCUT2D eigenvalue weighted by atomic mass is 19.1. The van der Waals surface area contributed by atoms with Crippen molar-refractivity contribution in [2.75, 3.05) is 0 Å². The van der Waals surface area contributed by atoms with Gasteiger partial charge in [-0.15, -0.1) is 6.58 Å². The monoisotopic (exact) mass is 193 g/mol. The van der Waals surface area contributed by atoms with Crippen LogP contribution in [0.2, 0.25) is 0 Å². The highest BCUT2D eigenvalue weighted by molar-refractivity contribution is 5.16. The first-order chi connectivity index (χ1) is 6.74. The average Bonchev–Trinajstić information content (AvgIpc) is 2.17.